The molecule has 3 amide bonds. The fourth-order valence-corrected chi connectivity index (χ4v) is 0.861. The Morgan fingerprint density at radius 1 is 1.44 bits per heavy atom. The van der Waals surface area contributed by atoms with Crippen molar-refractivity contribution in [3.8, 4) is 0 Å². The molecule has 9 heteroatoms. The second-order valence-electron chi connectivity index (χ2n) is 3.16. The zero-order valence-electron chi connectivity index (χ0n) is 9.62. The number of esters is 1. The third-order valence-electron chi connectivity index (χ3n) is 1.80. The van der Waals surface area contributed by atoms with Crippen LogP contribution in [0.2, 0.25) is 0 Å². The molecule has 0 aromatic carbocycles. The van der Waals surface area contributed by atoms with Gasteiger partial charge in [0.2, 0.25) is 6.04 Å². The van der Waals surface area contributed by atoms with Crippen LogP contribution in [-0.4, -0.2) is 35.5 Å². The van der Waals surface area contributed by atoms with Crippen molar-refractivity contribution in [3.63, 3.8) is 0 Å². The lowest BCUT2D eigenvalue weighted by molar-refractivity contribution is -0.525. The van der Waals surface area contributed by atoms with Gasteiger partial charge in [0.05, 0.1) is 0 Å². The zero-order valence-corrected chi connectivity index (χ0v) is 9.62. The van der Waals surface area contributed by atoms with Gasteiger partial charge in [0.15, 0.2) is 6.61 Å². The highest BCUT2D eigenvalue weighted by Crippen LogP contribution is 1.97. The lowest BCUT2D eigenvalue weighted by atomic mass is 10.2. The molecule has 0 aliphatic heterocycles. The molecule has 0 rings (SSSR count). The van der Waals surface area contributed by atoms with E-state index in [1.165, 1.54) is 0 Å². The van der Waals surface area contributed by atoms with Gasteiger partial charge in [0.1, 0.15) is 0 Å². The summed E-state index contributed by atoms with van der Waals surface area (Å²) in [5.74, 6) is -1.81. The summed E-state index contributed by atoms with van der Waals surface area (Å²) in [7, 11) is 0. The number of nitrogens with one attached hydrogen (secondary N) is 1. The van der Waals surface area contributed by atoms with Crippen molar-refractivity contribution in [2.45, 2.75) is 19.4 Å². The van der Waals surface area contributed by atoms with Crippen molar-refractivity contribution >= 4 is 17.9 Å². The molecule has 0 fully saturated rings. The first-order chi connectivity index (χ1) is 8.36. The summed E-state index contributed by atoms with van der Waals surface area (Å²) in [6.07, 6.45) is 1.69. The highest BCUT2D eigenvalue weighted by molar-refractivity contribution is 6.02. The minimum atomic E-state index is -1.06. The number of ether oxygens (including phenoxy) is 1. The third-order valence-corrected chi connectivity index (χ3v) is 1.80. The minimum absolute atomic E-state index is 0.214. The Morgan fingerprint density at radius 2 is 2.06 bits per heavy atom. The number of nitrogens with zero attached hydrogens (tertiary/aromatic N) is 1. The van der Waals surface area contributed by atoms with Gasteiger partial charge in [0, 0.05) is 23.5 Å². The number of imide groups is 1. The summed E-state index contributed by atoms with van der Waals surface area (Å²) >= 11 is 0. The first kappa shape index (κ1) is 15.5. The van der Waals surface area contributed by atoms with E-state index in [1.54, 1.807) is 12.2 Å². The van der Waals surface area contributed by atoms with E-state index >= 15 is 0 Å². The molecule has 0 aromatic heterocycles. The van der Waals surface area contributed by atoms with Crippen LogP contribution < -0.4 is 11.1 Å². The van der Waals surface area contributed by atoms with Crippen molar-refractivity contribution in [3.05, 3.63) is 22.3 Å². The molecule has 0 aromatic rings. The fraction of sp³-hybridized carbons (Fsp3) is 0.444. The molecule has 100 valence electrons. The van der Waals surface area contributed by atoms with Crippen LogP contribution in [-0.2, 0) is 14.3 Å². The maximum atomic E-state index is 11.0. The maximum Gasteiger partial charge on any atom is 0.331 e. The van der Waals surface area contributed by atoms with Crippen molar-refractivity contribution in [2.24, 2.45) is 5.73 Å². The van der Waals surface area contributed by atoms with Gasteiger partial charge in [-0.3, -0.25) is 20.2 Å². The highest BCUT2D eigenvalue weighted by atomic mass is 16.6. The monoisotopic (exact) mass is 259 g/mol. The number of hydrogen-bond donors (Lipinski definition) is 2. The van der Waals surface area contributed by atoms with E-state index in [4.69, 9.17) is 0 Å². The molecular weight excluding hydrogens is 246 g/mol. The second-order valence-corrected chi connectivity index (χ2v) is 3.16. The minimum Gasteiger partial charge on any atom is -0.455 e. The van der Waals surface area contributed by atoms with Crippen LogP contribution in [0.4, 0.5) is 4.79 Å². The van der Waals surface area contributed by atoms with E-state index in [0.29, 0.717) is 0 Å². The molecule has 3 N–H and O–H groups in total. The van der Waals surface area contributed by atoms with E-state index in [2.05, 4.69) is 10.5 Å². The van der Waals surface area contributed by atoms with Crippen molar-refractivity contribution in [1.82, 2.24) is 5.32 Å². The molecule has 0 aliphatic rings. The molecule has 0 saturated heterocycles. The van der Waals surface area contributed by atoms with Gasteiger partial charge in [-0.2, -0.15) is 0 Å². The van der Waals surface area contributed by atoms with Crippen molar-refractivity contribution in [2.75, 3.05) is 6.61 Å². The molecule has 0 unspecified atom stereocenters. The Bertz CT molecular complexity index is 378. The quantitative estimate of drug-likeness (QED) is 0.280. The van der Waals surface area contributed by atoms with E-state index in [9.17, 15) is 24.5 Å². The predicted octanol–water partition coefficient (Wildman–Crippen LogP) is -0.664. The molecule has 9 nitrogen and oxygen atoms in total. The number of rotatable bonds is 6. The first-order valence-electron chi connectivity index (χ1n) is 4.95. The Hall–Kier alpha value is -2.45. The van der Waals surface area contributed by atoms with Gasteiger partial charge in [-0.25, -0.2) is 9.59 Å². The molecular formula is C9H13N3O6. The van der Waals surface area contributed by atoms with Crippen LogP contribution >= 0.6 is 0 Å². The van der Waals surface area contributed by atoms with Gasteiger partial charge < -0.3 is 10.5 Å². The topological polar surface area (TPSA) is 142 Å². The standard InChI is InChI=1S/C9H13N3O6/c1-2-6(12(16)17)5-18-8(14)4-3-7(13)11-9(10)15/h3-4,6H,2,5H2,1H3,(H3,10,11,13,15)/b4-3-/t6-/m1/s1. The van der Waals surface area contributed by atoms with Gasteiger partial charge in [-0.05, 0) is 0 Å². The van der Waals surface area contributed by atoms with E-state index in [-0.39, 0.29) is 13.0 Å². The van der Waals surface area contributed by atoms with Crippen LogP contribution in [0.5, 0.6) is 0 Å². The molecule has 0 aliphatic carbocycles. The third kappa shape index (κ3) is 6.93. The second kappa shape index (κ2) is 7.76. The SMILES string of the molecule is CC[C@H](COC(=O)/C=C\C(=O)NC(N)=O)[N+](=O)[O-]. The molecule has 0 bridgehead atoms. The lowest BCUT2D eigenvalue weighted by Gasteiger charge is -2.06. The summed E-state index contributed by atoms with van der Waals surface area (Å²) in [6.45, 7) is 1.20. The number of nitro groups is 1. The van der Waals surface area contributed by atoms with Crippen molar-refractivity contribution < 1.29 is 24.0 Å². The highest BCUT2D eigenvalue weighted by Gasteiger charge is 2.18. The van der Waals surface area contributed by atoms with Crippen LogP contribution in [0, 0.1) is 10.1 Å². The fourth-order valence-electron chi connectivity index (χ4n) is 0.861. The van der Waals surface area contributed by atoms with E-state index in [0.717, 1.165) is 12.2 Å². The van der Waals surface area contributed by atoms with Crippen LogP contribution in [0.1, 0.15) is 13.3 Å². The number of carbonyl (C=O) groups excluding carboxylic acids is 3. The van der Waals surface area contributed by atoms with Crippen LogP contribution in [0.15, 0.2) is 12.2 Å². The predicted molar refractivity (Wildman–Crippen MR) is 58.9 cm³/mol. The van der Waals surface area contributed by atoms with E-state index in [1.807, 2.05) is 0 Å². The van der Waals surface area contributed by atoms with Gasteiger partial charge in [-0.1, -0.05) is 6.92 Å². The summed E-state index contributed by atoms with van der Waals surface area (Å²) in [5, 5.41) is 12.1. The smallest absolute Gasteiger partial charge is 0.331 e. The molecule has 0 radical (unpaired) electrons. The number of carbonyl (C=O) groups is 3. The molecule has 0 spiro atoms. The Kier molecular flexibility index (Phi) is 6.71. The number of nitrogens with two attached hydrogens (primary N) is 1. The largest absolute Gasteiger partial charge is 0.455 e. The lowest BCUT2D eigenvalue weighted by Crippen LogP contribution is -2.33. The van der Waals surface area contributed by atoms with Gasteiger partial charge in [0.25, 0.3) is 5.91 Å². The average molecular weight is 259 g/mol. The maximum absolute atomic E-state index is 11.0. The summed E-state index contributed by atoms with van der Waals surface area (Å²) in [5.41, 5.74) is 4.65. The van der Waals surface area contributed by atoms with Crippen LogP contribution in [0.25, 0.3) is 0 Å². The number of urea groups is 1. The van der Waals surface area contributed by atoms with Crippen LogP contribution in [0.3, 0.4) is 0 Å². The average Bonchev–Trinajstić information content (AvgIpc) is 2.25. The number of amides is 3. The van der Waals surface area contributed by atoms with Gasteiger partial charge >= 0.3 is 12.0 Å². The summed E-state index contributed by atoms with van der Waals surface area (Å²) < 4.78 is 4.55. The Balaban J connectivity index is 4.11. The molecule has 18 heavy (non-hydrogen) atoms. The Morgan fingerprint density at radius 3 is 2.50 bits per heavy atom. The molecule has 0 heterocycles. The summed E-state index contributed by atoms with van der Waals surface area (Å²) in [6, 6.07) is -2.04. The Labute approximate surface area is 102 Å². The first-order valence-corrected chi connectivity index (χ1v) is 4.95. The number of primary amides is 1. The van der Waals surface area contributed by atoms with Crippen molar-refractivity contribution in [1.29, 1.82) is 0 Å². The zero-order chi connectivity index (χ0) is 14.1. The summed E-state index contributed by atoms with van der Waals surface area (Å²) in [4.78, 5) is 42.0. The van der Waals surface area contributed by atoms with E-state index < -0.39 is 28.9 Å². The molecule has 1 atom stereocenters. The molecule has 0 saturated carbocycles. The van der Waals surface area contributed by atoms with Gasteiger partial charge in [-0.15, -0.1) is 0 Å². The normalized spacial score (nSPS) is 11.8. The number of hydrogen-bond acceptors (Lipinski definition) is 6.